The van der Waals surface area contributed by atoms with Crippen molar-refractivity contribution in [3.63, 3.8) is 0 Å². The number of hydrogen-bond acceptors (Lipinski definition) is 5. The third-order valence-electron chi connectivity index (χ3n) is 3.11. The second-order valence-electron chi connectivity index (χ2n) is 4.58. The molecule has 1 heterocycles. The Hall–Kier alpha value is -2.79. The molecule has 22 heavy (non-hydrogen) atoms. The summed E-state index contributed by atoms with van der Waals surface area (Å²) in [6, 6.07) is 13.6. The van der Waals surface area contributed by atoms with Gasteiger partial charge >= 0.3 is 0 Å². The SMILES string of the molecule is O=Nc1ccc(O)c(N=Cc2cc3ccccc3nc2Cl)c1. The van der Waals surface area contributed by atoms with Crippen molar-refractivity contribution in [2.45, 2.75) is 0 Å². The fraction of sp³-hybridized carbons (Fsp3) is 0. The molecular formula is C16H10ClN3O2. The summed E-state index contributed by atoms with van der Waals surface area (Å²) in [4.78, 5) is 19.0. The smallest absolute Gasteiger partial charge is 0.141 e. The number of aliphatic imine (C=N–C) groups is 1. The largest absolute Gasteiger partial charge is 0.506 e. The maximum atomic E-state index is 10.5. The Labute approximate surface area is 130 Å². The van der Waals surface area contributed by atoms with Gasteiger partial charge in [-0.25, -0.2) is 4.98 Å². The minimum atomic E-state index is -0.0477. The van der Waals surface area contributed by atoms with E-state index in [-0.39, 0.29) is 17.1 Å². The molecule has 0 atom stereocenters. The third kappa shape index (κ3) is 2.80. The van der Waals surface area contributed by atoms with Crippen molar-refractivity contribution >= 4 is 40.1 Å². The van der Waals surface area contributed by atoms with E-state index >= 15 is 0 Å². The van der Waals surface area contributed by atoms with E-state index in [1.807, 2.05) is 30.3 Å². The number of hydrogen-bond donors (Lipinski definition) is 1. The highest BCUT2D eigenvalue weighted by atomic mass is 35.5. The Morgan fingerprint density at radius 2 is 1.95 bits per heavy atom. The van der Waals surface area contributed by atoms with Crippen molar-refractivity contribution in [2.75, 3.05) is 0 Å². The van der Waals surface area contributed by atoms with Crippen molar-refractivity contribution < 1.29 is 5.11 Å². The number of fused-ring (bicyclic) bond motifs is 1. The van der Waals surface area contributed by atoms with E-state index in [0.717, 1.165) is 10.9 Å². The van der Waals surface area contributed by atoms with E-state index in [1.165, 1.54) is 24.4 Å². The van der Waals surface area contributed by atoms with Crippen molar-refractivity contribution in [3.05, 3.63) is 64.2 Å². The normalized spacial score (nSPS) is 11.1. The van der Waals surface area contributed by atoms with Crippen LogP contribution in [0.25, 0.3) is 10.9 Å². The van der Waals surface area contributed by atoms with Crippen LogP contribution in [0.2, 0.25) is 5.15 Å². The summed E-state index contributed by atoms with van der Waals surface area (Å²) < 4.78 is 0. The molecule has 0 unspecified atom stereocenters. The lowest BCUT2D eigenvalue weighted by molar-refractivity contribution is 0.477. The Bertz CT molecular complexity index is 894. The number of halogens is 1. The third-order valence-corrected chi connectivity index (χ3v) is 3.41. The van der Waals surface area contributed by atoms with E-state index in [4.69, 9.17) is 11.6 Å². The van der Waals surface area contributed by atoms with Crippen LogP contribution in [0, 0.1) is 4.91 Å². The molecule has 0 aliphatic heterocycles. The van der Waals surface area contributed by atoms with Gasteiger partial charge in [-0.3, -0.25) is 4.99 Å². The predicted molar refractivity (Wildman–Crippen MR) is 87.6 cm³/mol. The molecule has 0 amide bonds. The van der Waals surface area contributed by atoms with Crippen LogP contribution < -0.4 is 0 Å². The van der Waals surface area contributed by atoms with Crippen molar-refractivity contribution in [2.24, 2.45) is 10.2 Å². The quantitative estimate of drug-likeness (QED) is 0.431. The van der Waals surface area contributed by atoms with Gasteiger partial charge in [-0.15, -0.1) is 4.91 Å². The van der Waals surface area contributed by atoms with Crippen LogP contribution in [0.4, 0.5) is 11.4 Å². The first-order valence-corrected chi connectivity index (χ1v) is 6.81. The summed E-state index contributed by atoms with van der Waals surface area (Å²) in [7, 11) is 0. The molecule has 0 fully saturated rings. The lowest BCUT2D eigenvalue weighted by Gasteiger charge is -2.02. The van der Waals surface area contributed by atoms with Gasteiger partial charge < -0.3 is 5.11 Å². The Balaban J connectivity index is 2.02. The molecular weight excluding hydrogens is 302 g/mol. The number of rotatable bonds is 3. The van der Waals surface area contributed by atoms with E-state index < -0.39 is 0 Å². The van der Waals surface area contributed by atoms with Gasteiger partial charge in [-0.1, -0.05) is 29.8 Å². The zero-order chi connectivity index (χ0) is 15.5. The van der Waals surface area contributed by atoms with Crippen LogP contribution in [-0.4, -0.2) is 16.3 Å². The summed E-state index contributed by atoms with van der Waals surface area (Å²) in [6.07, 6.45) is 1.49. The zero-order valence-corrected chi connectivity index (χ0v) is 12.0. The standard InChI is InChI=1S/C16H10ClN3O2/c17-16-11(7-10-3-1-2-4-13(10)19-16)9-18-14-8-12(20-22)5-6-15(14)21/h1-9,21H. The molecule has 1 aromatic heterocycles. The molecule has 1 N–H and O–H groups in total. The highest BCUT2D eigenvalue weighted by Gasteiger charge is 2.04. The molecule has 0 aliphatic rings. The molecule has 0 saturated heterocycles. The summed E-state index contributed by atoms with van der Waals surface area (Å²) in [5.41, 5.74) is 1.83. The van der Waals surface area contributed by atoms with E-state index in [1.54, 1.807) is 0 Å². The number of nitrogens with zero attached hydrogens (tertiary/aromatic N) is 3. The van der Waals surface area contributed by atoms with Gasteiger partial charge in [0.15, 0.2) is 0 Å². The number of para-hydroxylation sites is 1. The summed E-state index contributed by atoms with van der Waals surface area (Å²) in [6.45, 7) is 0. The molecule has 0 radical (unpaired) electrons. The molecule has 3 aromatic rings. The average molecular weight is 312 g/mol. The second-order valence-corrected chi connectivity index (χ2v) is 4.94. The molecule has 2 aromatic carbocycles. The fourth-order valence-corrected chi connectivity index (χ4v) is 2.20. The maximum Gasteiger partial charge on any atom is 0.141 e. The maximum absolute atomic E-state index is 10.5. The van der Waals surface area contributed by atoms with E-state index in [2.05, 4.69) is 15.2 Å². The number of phenols is 1. The number of pyridine rings is 1. The molecule has 0 bridgehead atoms. The lowest BCUT2D eigenvalue weighted by Crippen LogP contribution is -1.88. The van der Waals surface area contributed by atoms with Crippen LogP contribution in [0.15, 0.2) is 58.7 Å². The average Bonchev–Trinajstić information content (AvgIpc) is 2.54. The van der Waals surface area contributed by atoms with Crippen LogP contribution in [0.5, 0.6) is 5.75 Å². The van der Waals surface area contributed by atoms with Gasteiger partial charge in [0.2, 0.25) is 0 Å². The first-order chi connectivity index (χ1) is 10.7. The Kier molecular flexibility index (Phi) is 3.80. The van der Waals surface area contributed by atoms with Crippen LogP contribution >= 0.6 is 11.6 Å². The first kappa shape index (κ1) is 14.2. The summed E-state index contributed by atoms with van der Waals surface area (Å²) >= 11 is 6.13. The highest BCUT2D eigenvalue weighted by molar-refractivity contribution is 6.32. The number of benzene rings is 2. The summed E-state index contributed by atoms with van der Waals surface area (Å²) in [5.74, 6) is -0.0477. The molecule has 5 nitrogen and oxygen atoms in total. The highest BCUT2D eigenvalue weighted by Crippen LogP contribution is 2.31. The van der Waals surface area contributed by atoms with E-state index in [0.29, 0.717) is 10.7 Å². The van der Waals surface area contributed by atoms with Gasteiger partial charge in [-0.2, -0.15) is 0 Å². The number of aromatic hydroxyl groups is 1. The van der Waals surface area contributed by atoms with Gasteiger partial charge in [0.1, 0.15) is 22.3 Å². The number of phenolic OH excluding ortho intramolecular Hbond substituents is 1. The van der Waals surface area contributed by atoms with Crippen molar-refractivity contribution in [3.8, 4) is 5.75 Å². The van der Waals surface area contributed by atoms with Gasteiger partial charge in [0.25, 0.3) is 0 Å². The minimum Gasteiger partial charge on any atom is -0.506 e. The number of aromatic nitrogens is 1. The molecule has 0 aliphatic carbocycles. The topological polar surface area (TPSA) is 74.9 Å². The predicted octanol–water partition coefficient (Wildman–Crippen LogP) is 4.74. The zero-order valence-electron chi connectivity index (χ0n) is 11.3. The van der Waals surface area contributed by atoms with Crippen LogP contribution in [0.1, 0.15) is 5.56 Å². The van der Waals surface area contributed by atoms with Gasteiger partial charge in [-0.05, 0) is 35.5 Å². The van der Waals surface area contributed by atoms with E-state index in [9.17, 15) is 10.0 Å². The molecule has 3 rings (SSSR count). The van der Waals surface area contributed by atoms with Gasteiger partial charge in [0.05, 0.1) is 5.52 Å². The second kappa shape index (κ2) is 5.91. The van der Waals surface area contributed by atoms with Crippen LogP contribution in [0.3, 0.4) is 0 Å². The number of nitroso groups, excluding NO2 is 1. The molecule has 0 saturated carbocycles. The minimum absolute atomic E-state index is 0.0477. The fourth-order valence-electron chi connectivity index (χ4n) is 2.01. The van der Waals surface area contributed by atoms with Crippen LogP contribution in [-0.2, 0) is 0 Å². The Morgan fingerprint density at radius 3 is 2.77 bits per heavy atom. The lowest BCUT2D eigenvalue weighted by atomic mass is 10.2. The molecule has 108 valence electrons. The Morgan fingerprint density at radius 1 is 1.14 bits per heavy atom. The van der Waals surface area contributed by atoms with Gasteiger partial charge in [0, 0.05) is 17.2 Å². The molecule has 0 spiro atoms. The first-order valence-electron chi connectivity index (χ1n) is 6.43. The van der Waals surface area contributed by atoms with Crippen molar-refractivity contribution in [1.29, 1.82) is 0 Å². The monoisotopic (exact) mass is 311 g/mol. The molecule has 6 heteroatoms. The van der Waals surface area contributed by atoms with Crippen molar-refractivity contribution in [1.82, 2.24) is 4.98 Å². The summed E-state index contributed by atoms with van der Waals surface area (Å²) in [5, 5.41) is 13.8.